The van der Waals surface area contributed by atoms with E-state index in [9.17, 15) is 4.79 Å². The molecule has 1 aromatic rings. The Balaban J connectivity index is 3.13. The molecule has 1 aromatic carbocycles. The maximum atomic E-state index is 11.8. The standard InChI is InChI=1S/C10H10I3NO2/c1-2-3-16-10(15)7-5(11)4-6(12)9(14)8(7)13/h4H,2-3,14H2,1H3. The summed E-state index contributed by atoms with van der Waals surface area (Å²) < 4.78 is 7.73. The molecule has 0 aliphatic rings. The Labute approximate surface area is 135 Å². The molecule has 0 unspecified atom stereocenters. The first-order valence-corrected chi connectivity index (χ1v) is 7.82. The summed E-state index contributed by atoms with van der Waals surface area (Å²) in [5.41, 5.74) is 7.11. The second kappa shape index (κ2) is 6.57. The fourth-order valence-electron chi connectivity index (χ4n) is 1.06. The van der Waals surface area contributed by atoms with Gasteiger partial charge in [-0.25, -0.2) is 4.79 Å². The smallest absolute Gasteiger partial charge is 0.340 e. The molecule has 0 heterocycles. The second-order valence-electron chi connectivity index (χ2n) is 3.08. The quantitative estimate of drug-likeness (QED) is 0.351. The second-order valence-corrected chi connectivity index (χ2v) is 6.48. The first kappa shape index (κ1) is 14.7. The van der Waals surface area contributed by atoms with E-state index in [-0.39, 0.29) is 5.97 Å². The highest BCUT2D eigenvalue weighted by molar-refractivity contribution is 14.1. The van der Waals surface area contributed by atoms with Gasteiger partial charge in [-0.05, 0) is 80.3 Å². The topological polar surface area (TPSA) is 52.3 Å². The molecule has 0 saturated carbocycles. The molecular formula is C10H10I3NO2. The zero-order chi connectivity index (χ0) is 12.3. The number of nitrogen functional groups attached to an aromatic ring is 1. The van der Waals surface area contributed by atoms with Crippen molar-refractivity contribution in [2.45, 2.75) is 13.3 Å². The summed E-state index contributed by atoms with van der Waals surface area (Å²) in [6.45, 7) is 2.41. The molecule has 2 N–H and O–H groups in total. The van der Waals surface area contributed by atoms with Gasteiger partial charge in [-0.2, -0.15) is 0 Å². The number of ether oxygens (including phenoxy) is 1. The van der Waals surface area contributed by atoms with Crippen LogP contribution in [0.3, 0.4) is 0 Å². The molecule has 88 valence electrons. The molecule has 0 aromatic heterocycles. The van der Waals surface area contributed by atoms with Crippen molar-refractivity contribution in [3.05, 3.63) is 22.3 Å². The van der Waals surface area contributed by atoms with Gasteiger partial charge in [-0.1, -0.05) is 6.92 Å². The van der Waals surface area contributed by atoms with Crippen molar-refractivity contribution in [3.63, 3.8) is 0 Å². The van der Waals surface area contributed by atoms with Crippen LogP contribution in [-0.2, 0) is 4.74 Å². The van der Waals surface area contributed by atoms with Gasteiger partial charge in [0, 0.05) is 7.14 Å². The molecule has 16 heavy (non-hydrogen) atoms. The van der Waals surface area contributed by atoms with Crippen LogP contribution < -0.4 is 5.73 Å². The van der Waals surface area contributed by atoms with E-state index in [1.54, 1.807) is 0 Å². The van der Waals surface area contributed by atoms with Crippen LogP contribution in [0.4, 0.5) is 5.69 Å². The summed E-state index contributed by atoms with van der Waals surface area (Å²) in [7, 11) is 0. The van der Waals surface area contributed by atoms with Gasteiger partial charge in [-0.3, -0.25) is 0 Å². The zero-order valence-electron chi connectivity index (χ0n) is 8.52. The van der Waals surface area contributed by atoms with Crippen molar-refractivity contribution in [2.75, 3.05) is 12.3 Å². The molecule has 0 spiro atoms. The van der Waals surface area contributed by atoms with E-state index < -0.39 is 0 Å². The highest BCUT2D eigenvalue weighted by Crippen LogP contribution is 2.29. The van der Waals surface area contributed by atoms with Crippen LogP contribution in [0.1, 0.15) is 23.7 Å². The minimum absolute atomic E-state index is 0.293. The van der Waals surface area contributed by atoms with Crippen LogP contribution in [0.2, 0.25) is 0 Å². The van der Waals surface area contributed by atoms with Gasteiger partial charge in [0.25, 0.3) is 0 Å². The van der Waals surface area contributed by atoms with Crippen LogP contribution in [0.25, 0.3) is 0 Å². The summed E-state index contributed by atoms with van der Waals surface area (Å²) in [4.78, 5) is 11.8. The van der Waals surface area contributed by atoms with Gasteiger partial charge in [0.2, 0.25) is 0 Å². The Hall–Kier alpha value is 0.680. The number of carbonyl (C=O) groups is 1. The van der Waals surface area contributed by atoms with Gasteiger partial charge in [0.05, 0.1) is 21.4 Å². The average molecular weight is 557 g/mol. The first-order valence-electron chi connectivity index (χ1n) is 4.59. The van der Waals surface area contributed by atoms with Gasteiger partial charge in [0.1, 0.15) is 0 Å². The number of halogens is 3. The SMILES string of the molecule is CCCOC(=O)c1c(I)cc(I)c(N)c1I. The van der Waals surface area contributed by atoms with E-state index in [2.05, 4.69) is 67.8 Å². The lowest BCUT2D eigenvalue weighted by atomic mass is 10.2. The van der Waals surface area contributed by atoms with Crippen molar-refractivity contribution in [2.24, 2.45) is 0 Å². The van der Waals surface area contributed by atoms with Crippen LogP contribution in [-0.4, -0.2) is 12.6 Å². The third kappa shape index (κ3) is 3.34. The summed E-state index contributed by atoms with van der Waals surface area (Å²) in [6, 6.07) is 1.89. The van der Waals surface area contributed by atoms with Gasteiger partial charge >= 0.3 is 5.97 Å². The number of nitrogens with two attached hydrogens (primary N) is 1. The molecule has 0 fully saturated rings. The van der Waals surface area contributed by atoms with Crippen LogP contribution in [0.5, 0.6) is 0 Å². The number of rotatable bonds is 3. The maximum absolute atomic E-state index is 11.8. The summed E-state index contributed by atoms with van der Waals surface area (Å²) in [5, 5.41) is 0. The fourth-order valence-corrected chi connectivity index (χ4v) is 4.87. The van der Waals surface area contributed by atoms with Gasteiger partial charge in [0.15, 0.2) is 0 Å². The van der Waals surface area contributed by atoms with Crippen molar-refractivity contribution in [1.82, 2.24) is 0 Å². The number of hydrogen-bond donors (Lipinski definition) is 1. The Bertz CT molecular complexity index is 421. The first-order chi connectivity index (χ1) is 7.49. The highest BCUT2D eigenvalue weighted by atomic mass is 127. The third-order valence-corrected chi connectivity index (χ3v) is 4.71. The summed E-state index contributed by atoms with van der Waals surface area (Å²) in [6.07, 6.45) is 0.818. The van der Waals surface area contributed by atoms with E-state index >= 15 is 0 Å². The predicted molar refractivity (Wildman–Crippen MR) is 89.6 cm³/mol. The number of benzene rings is 1. The largest absolute Gasteiger partial charge is 0.462 e. The lowest BCUT2D eigenvalue weighted by Crippen LogP contribution is -2.12. The lowest BCUT2D eigenvalue weighted by molar-refractivity contribution is 0.0502. The van der Waals surface area contributed by atoms with Crippen molar-refractivity contribution < 1.29 is 9.53 Å². The zero-order valence-corrected chi connectivity index (χ0v) is 15.0. The highest BCUT2D eigenvalue weighted by Gasteiger charge is 2.19. The molecular weight excluding hydrogens is 547 g/mol. The van der Waals surface area contributed by atoms with Crippen molar-refractivity contribution in [3.8, 4) is 0 Å². The Morgan fingerprint density at radius 3 is 2.56 bits per heavy atom. The van der Waals surface area contributed by atoms with Crippen LogP contribution >= 0.6 is 67.8 Å². The molecule has 0 saturated heterocycles. The molecule has 0 radical (unpaired) electrons. The normalized spacial score (nSPS) is 10.2. The number of hydrogen-bond acceptors (Lipinski definition) is 3. The molecule has 3 nitrogen and oxygen atoms in total. The fraction of sp³-hybridized carbons (Fsp3) is 0.300. The summed E-state index contributed by atoms with van der Waals surface area (Å²) >= 11 is 6.37. The number of anilines is 1. The number of esters is 1. The van der Waals surface area contributed by atoms with E-state index in [0.29, 0.717) is 17.9 Å². The number of carbonyl (C=O) groups excluding carboxylic acids is 1. The van der Waals surface area contributed by atoms with Crippen LogP contribution in [0, 0.1) is 10.7 Å². The molecule has 0 amide bonds. The lowest BCUT2D eigenvalue weighted by Gasteiger charge is -2.11. The van der Waals surface area contributed by atoms with E-state index in [1.165, 1.54) is 0 Å². The Kier molecular flexibility index (Phi) is 6.05. The molecule has 6 heteroatoms. The minimum atomic E-state index is -0.293. The van der Waals surface area contributed by atoms with E-state index in [1.807, 2.05) is 13.0 Å². The van der Waals surface area contributed by atoms with E-state index in [0.717, 1.165) is 17.1 Å². The Morgan fingerprint density at radius 2 is 2.00 bits per heavy atom. The average Bonchev–Trinajstić information content (AvgIpc) is 2.23. The van der Waals surface area contributed by atoms with Gasteiger partial charge in [-0.15, -0.1) is 0 Å². The van der Waals surface area contributed by atoms with Crippen molar-refractivity contribution in [1.29, 1.82) is 0 Å². The third-order valence-electron chi connectivity index (χ3n) is 1.85. The molecule has 0 atom stereocenters. The summed E-state index contributed by atoms with van der Waals surface area (Å²) in [5.74, 6) is -0.293. The van der Waals surface area contributed by atoms with Crippen LogP contribution in [0.15, 0.2) is 6.07 Å². The Morgan fingerprint density at radius 1 is 1.38 bits per heavy atom. The van der Waals surface area contributed by atoms with Crippen molar-refractivity contribution >= 4 is 79.4 Å². The molecule has 0 bridgehead atoms. The monoisotopic (exact) mass is 557 g/mol. The minimum Gasteiger partial charge on any atom is -0.462 e. The predicted octanol–water partition coefficient (Wildman–Crippen LogP) is 3.65. The molecule has 0 aliphatic carbocycles. The molecule has 0 aliphatic heterocycles. The van der Waals surface area contributed by atoms with Gasteiger partial charge < -0.3 is 10.5 Å². The van der Waals surface area contributed by atoms with E-state index in [4.69, 9.17) is 10.5 Å². The maximum Gasteiger partial charge on any atom is 0.340 e. The molecule has 1 rings (SSSR count).